The van der Waals surface area contributed by atoms with Crippen molar-refractivity contribution in [3.05, 3.63) is 53.6 Å². The summed E-state index contributed by atoms with van der Waals surface area (Å²) in [4.78, 5) is 14.1. The molecular weight excluding hydrogens is 264 g/mol. The molecule has 2 N–H and O–H groups in total. The number of carbonyl (C=O) groups is 1. The molecule has 0 heterocycles. The van der Waals surface area contributed by atoms with Crippen LogP contribution in [0, 0.1) is 6.92 Å². The number of benzene rings is 2. The van der Waals surface area contributed by atoms with Crippen molar-refractivity contribution in [1.29, 1.82) is 0 Å². The summed E-state index contributed by atoms with van der Waals surface area (Å²) in [7, 11) is 1.90. The maximum Gasteiger partial charge on any atom is 0.340 e. The summed E-state index contributed by atoms with van der Waals surface area (Å²) in [6.45, 7) is 4.14. The number of hydrogen-bond acceptors (Lipinski definition) is 4. The van der Waals surface area contributed by atoms with Gasteiger partial charge in [-0.2, -0.15) is 0 Å². The van der Waals surface area contributed by atoms with Gasteiger partial charge in [-0.3, -0.25) is 0 Å². The van der Waals surface area contributed by atoms with Crippen molar-refractivity contribution < 1.29 is 9.53 Å². The first-order chi connectivity index (χ1) is 10.1. The van der Waals surface area contributed by atoms with Crippen LogP contribution in [0.25, 0.3) is 0 Å². The second-order valence-electron chi connectivity index (χ2n) is 4.81. The van der Waals surface area contributed by atoms with Gasteiger partial charge in [0, 0.05) is 12.7 Å². The molecule has 0 spiro atoms. The van der Waals surface area contributed by atoms with E-state index in [0.717, 1.165) is 11.3 Å². The zero-order valence-corrected chi connectivity index (χ0v) is 12.6. The molecule has 0 bridgehead atoms. The molecule has 0 amide bonds. The topological polar surface area (TPSA) is 55.6 Å². The van der Waals surface area contributed by atoms with Gasteiger partial charge in [0.25, 0.3) is 0 Å². The lowest BCUT2D eigenvalue weighted by molar-refractivity contribution is 0.0527. The molecule has 0 saturated carbocycles. The number of para-hydroxylation sites is 2. The van der Waals surface area contributed by atoms with Crippen LogP contribution in [-0.2, 0) is 4.74 Å². The fourth-order valence-electron chi connectivity index (χ4n) is 2.37. The van der Waals surface area contributed by atoms with E-state index in [1.54, 1.807) is 25.1 Å². The van der Waals surface area contributed by atoms with Crippen molar-refractivity contribution in [1.82, 2.24) is 0 Å². The van der Waals surface area contributed by atoms with E-state index in [4.69, 9.17) is 10.5 Å². The summed E-state index contributed by atoms with van der Waals surface area (Å²) in [6.07, 6.45) is 0. The van der Waals surface area contributed by atoms with Gasteiger partial charge >= 0.3 is 5.97 Å². The number of carbonyl (C=O) groups excluding carboxylic acids is 1. The third kappa shape index (κ3) is 2.99. The largest absolute Gasteiger partial charge is 0.462 e. The summed E-state index contributed by atoms with van der Waals surface area (Å²) in [5.41, 5.74) is 9.90. The molecule has 2 aromatic rings. The highest BCUT2D eigenvalue weighted by Gasteiger charge is 2.19. The summed E-state index contributed by atoms with van der Waals surface area (Å²) in [6, 6.07) is 13.2. The standard InChI is InChI=1S/C17H20N2O2/c1-4-21-17(20)13-9-7-10-14(18)16(13)19(3)15-11-6-5-8-12(15)2/h5-11H,4,18H2,1-3H3. The lowest BCUT2D eigenvalue weighted by Gasteiger charge is -2.25. The Morgan fingerprint density at radius 2 is 1.90 bits per heavy atom. The van der Waals surface area contributed by atoms with Gasteiger partial charge in [-0.1, -0.05) is 24.3 Å². The minimum atomic E-state index is -0.361. The van der Waals surface area contributed by atoms with E-state index in [2.05, 4.69) is 0 Å². The molecule has 21 heavy (non-hydrogen) atoms. The van der Waals surface area contributed by atoms with Crippen LogP contribution in [0.4, 0.5) is 17.1 Å². The Balaban J connectivity index is 2.52. The van der Waals surface area contributed by atoms with Crippen LogP contribution in [0.2, 0.25) is 0 Å². The molecule has 0 unspecified atom stereocenters. The van der Waals surface area contributed by atoms with Crippen molar-refractivity contribution >= 4 is 23.0 Å². The third-order valence-electron chi connectivity index (χ3n) is 3.37. The maximum atomic E-state index is 12.1. The fourth-order valence-corrected chi connectivity index (χ4v) is 2.37. The Labute approximate surface area is 125 Å². The van der Waals surface area contributed by atoms with Crippen LogP contribution in [0.1, 0.15) is 22.8 Å². The van der Waals surface area contributed by atoms with Crippen LogP contribution in [0.3, 0.4) is 0 Å². The second-order valence-corrected chi connectivity index (χ2v) is 4.81. The number of nitrogens with zero attached hydrogens (tertiary/aromatic N) is 1. The average molecular weight is 284 g/mol. The molecule has 0 aromatic heterocycles. The van der Waals surface area contributed by atoms with Gasteiger partial charge in [-0.25, -0.2) is 4.79 Å². The van der Waals surface area contributed by atoms with E-state index < -0.39 is 0 Å². The van der Waals surface area contributed by atoms with Crippen molar-refractivity contribution in [2.45, 2.75) is 13.8 Å². The quantitative estimate of drug-likeness (QED) is 0.689. The molecule has 0 fully saturated rings. The summed E-state index contributed by atoms with van der Waals surface area (Å²) in [5.74, 6) is -0.361. The number of ether oxygens (including phenoxy) is 1. The highest BCUT2D eigenvalue weighted by Crippen LogP contribution is 2.34. The summed E-state index contributed by atoms with van der Waals surface area (Å²) < 4.78 is 5.12. The van der Waals surface area contributed by atoms with Gasteiger partial charge in [-0.05, 0) is 37.6 Å². The number of anilines is 3. The van der Waals surface area contributed by atoms with Crippen LogP contribution in [0.15, 0.2) is 42.5 Å². The molecule has 0 aliphatic rings. The Morgan fingerprint density at radius 3 is 2.57 bits per heavy atom. The van der Waals surface area contributed by atoms with Gasteiger partial charge < -0.3 is 15.4 Å². The molecule has 0 saturated heterocycles. The van der Waals surface area contributed by atoms with Crippen molar-refractivity contribution in [2.75, 3.05) is 24.3 Å². The van der Waals surface area contributed by atoms with Crippen LogP contribution in [0.5, 0.6) is 0 Å². The number of rotatable bonds is 4. The second kappa shape index (κ2) is 6.31. The lowest BCUT2D eigenvalue weighted by atomic mass is 10.1. The van der Waals surface area contributed by atoms with E-state index in [1.165, 1.54) is 0 Å². The first-order valence-corrected chi connectivity index (χ1v) is 6.91. The van der Waals surface area contributed by atoms with E-state index in [9.17, 15) is 4.79 Å². The van der Waals surface area contributed by atoms with Crippen LogP contribution in [-0.4, -0.2) is 19.6 Å². The average Bonchev–Trinajstić information content (AvgIpc) is 2.47. The van der Waals surface area contributed by atoms with Gasteiger partial charge in [0.1, 0.15) is 0 Å². The Kier molecular flexibility index (Phi) is 4.48. The molecule has 0 aliphatic heterocycles. The number of nitrogen functional groups attached to an aromatic ring is 1. The zero-order valence-electron chi connectivity index (χ0n) is 12.6. The molecule has 0 radical (unpaired) electrons. The smallest absolute Gasteiger partial charge is 0.340 e. The SMILES string of the molecule is CCOC(=O)c1cccc(N)c1N(C)c1ccccc1C. The van der Waals surface area contributed by atoms with Gasteiger partial charge in [0.15, 0.2) is 0 Å². The first kappa shape index (κ1) is 14.9. The third-order valence-corrected chi connectivity index (χ3v) is 3.37. The van der Waals surface area contributed by atoms with Crippen LogP contribution < -0.4 is 10.6 Å². The number of nitrogens with two attached hydrogens (primary N) is 1. The fraction of sp³-hybridized carbons (Fsp3) is 0.235. The Morgan fingerprint density at radius 1 is 1.19 bits per heavy atom. The first-order valence-electron chi connectivity index (χ1n) is 6.91. The predicted molar refractivity (Wildman–Crippen MR) is 86.1 cm³/mol. The van der Waals surface area contributed by atoms with Gasteiger partial charge in [0.05, 0.1) is 23.5 Å². The van der Waals surface area contributed by atoms with E-state index in [-0.39, 0.29) is 5.97 Å². The molecule has 4 nitrogen and oxygen atoms in total. The van der Waals surface area contributed by atoms with Gasteiger partial charge in [0.2, 0.25) is 0 Å². The number of esters is 1. The van der Waals surface area contributed by atoms with Crippen molar-refractivity contribution in [2.24, 2.45) is 0 Å². The summed E-state index contributed by atoms with van der Waals surface area (Å²) >= 11 is 0. The van der Waals surface area contributed by atoms with E-state index >= 15 is 0 Å². The number of aryl methyl sites for hydroxylation is 1. The summed E-state index contributed by atoms with van der Waals surface area (Å²) in [5, 5.41) is 0. The maximum absolute atomic E-state index is 12.1. The predicted octanol–water partition coefficient (Wildman–Crippen LogP) is 3.52. The Bertz CT molecular complexity index is 653. The molecule has 2 aromatic carbocycles. The molecular formula is C17H20N2O2. The van der Waals surface area contributed by atoms with Crippen molar-refractivity contribution in [3.8, 4) is 0 Å². The van der Waals surface area contributed by atoms with E-state index in [0.29, 0.717) is 23.5 Å². The minimum Gasteiger partial charge on any atom is -0.462 e. The van der Waals surface area contributed by atoms with Gasteiger partial charge in [-0.15, -0.1) is 0 Å². The Hall–Kier alpha value is -2.49. The highest BCUT2D eigenvalue weighted by atomic mass is 16.5. The molecule has 0 aliphatic carbocycles. The molecule has 110 valence electrons. The monoisotopic (exact) mass is 284 g/mol. The highest BCUT2D eigenvalue weighted by molar-refractivity contribution is 6.00. The number of hydrogen-bond donors (Lipinski definition) is 1. The zero-order chi connectivity index (χ0) is 15.4. The molecule has 4 heteroatoms. The molecule has 2 rings (SSSR count). The minimum absolute atomic E-state index is 0.334. The lowest BCUT2D eigenvalue weighted by Crippen LogP contribution is -2.18. The van der Waals surface area contributed by atoms with E-state index in [1.807, 2.05) is 43.1 Å². The van der Waals surface area contributed by atoms with Crippen molar-refractivity contribution in [3.63, 3.8) is 0 Å². The normalized spacial score (nSPS) is 10.2. The molecule has 0 atom stereocenters. The van der Waals surface area contributed by atoms with Crippen LogP contribution >= 0.6 is 0 Å².